The van der Waals surface area contributed by atoms with Crippen molar-refractivity contribution in [2.45, 2.75) is 0 Å². The van der Waals surface area contributed by atoms with Gasteiger partial charge in [0.1, 0.15) is 15.8 Å². The number of carbonyl (C=O) groups is 2. The van der Waals surface area contributed by atoms with E-state index in [9.17, 15) is 9.59 Å². The van der Waals surface area contributed by atoms with Crippen LogP contribution < -0.4 is 5.32 Å². The number of carbonyl (C=O) groups excluding carboxylic acids is 1. The Morgan fingerprint density at radius 2 is 2.13 bits per heavy atom. The van der Waals surface area contributed by atoms with Gasteiger partial charge in [0.15, 0.2) is 0 Å². The number of furan rings is 1. The maximum Gasteiger partial charge on any atom is 0.337 e. The van der Waals surface area contributed by atoms with Gasteiger partial charge in [-0.2, -0.15) is 0 Å². The molecule has 1 aliphatic heterocycles. The normalized spacial score (nSPS) is 16.0. The van der Waals surface area contributed by atoms with Crippen LogP contribution in [0, 0.1) is 0 Å². The second-order valence-electron chi connectivity index (χ2n) is 4.55. The molecule has 0 radical (unpaired) electrons. The zero-order chi connectivity index (χ0) is 16.6. The Kier molecular flexibility index (Phi) is 4.25. The van der Waals surface area contributed by atoms with Crippen LogP contribution in [0.3, 0.4) is 0 Å². The lowest BCUT2D eigenvalue weighted by Gasteiger charge is -2.01. The second kappa shape index (κ2) is 6.19. The number of rotatable bonds is 3. The number of thioether (sulfide) groups is 1. The summed E-state index contributed by atoms with van der Waals surface area (Å²) in [5, 5.41) is 11.6. The van der Waals surface area contributed by atoms with Gasteiger partial charge in [-0.15, -0.1) is 0 Å². The summed E-state index contributed by atoms with van der Waals surface area (Å²) in [6, 6.07) is 7.97. The molecule has 5 nitrogen and oxygen atoms in total. The molecule has 0 spiro atoms. The summed E-state index contributed by atoms with van der Waals surface area (Å²) in [5.74, 6) is -0.346. The number of halogens is 1. The van der Waals surface area contributed by atoms with Crippen LogP contribution in [-0.4, -0.2) is 21.3 Å². The number of thiocarbonyl (C=S) groups is 1. The number of aromatic carboxylic acids is 1. The van der Waals surface area contributed by atoms with E-state index >= 15 is 0 Å². The van der Waals surface area contributed by atoms with Gasteiger partial charge in [0.25, 0.3) is 5.91 Å². The van der Waals surface area contributed by atoms with E-state index in [0.717, 1.165) is 0 Å². The van der Waals surface area contributed by atoms with Crippen LogP contribution in [0.2, 0.25) is 5.02 Å². The third kappa shape index (κ3) is 3.31. The van der Waals surface area contributed by atoms with E-state index in [1.807, 2.05) is 0 Å². The number of nitrogens with one attached hydrogen (secondary N) is 1. The Morgan fingerprint density at radius 1 is 1.35 bits per heavy atom. The fourth-order valence-corrected chi connectivity index (χ4v) is 3.26. The van der Waals surface area contributed by atoms with Gasteiger partial charge in [-0.25, -0.2) is 4.79 Å². The standard InChI is InChI=1S/C15H8ClNO4S2/c16-10-5-7(1-3-9(10)14(19)20)11-4-2-8(21-11)6-12-13(18)17-15(22)23-12/h1-6H,(H,19,20)(H,17,18,22)/b12-6+. The predicted molar refractivity (Wildman–Crippen MR) is 92.4 cm³/mol. The summed E-state index contributed by atoms with van der Waals surface area (Å²) < 4.78 is 6.06. The van der Waals surface area contributed by atoms with Gasteiger partial charge in [-0.3, -0.25) is 4.79 Å². The molecule has 0 aliphatic carbocycles. The summed E-state index contributed by atoms with van der Waals surface area (Å²) >= 11 is 12.0. The first-order valence-corrected chi connectivity index (χ1v) is 7.92. The minimum atomic E-state index is -1.09. The van der Waals surface area contributed by atoms with Crippen molar-refractivity contribution < 1.29 is 19.1 Å². The monoisotopic (exact) mass is 365 g/mol. The average molecular weight is 366 g/mol. The molecule has 1 aromatic heterocycles. The van der Waals surface area contributed by atoms with Crippen LogP contribution in [0.15, 0.2) is 39.7 Å². The van der Waals surface area contributed by atoms with Gasteiger partial charge >= 0.3 is 5.97 Å². The molecule has 1 amide bonds. The quantitative estimate of drug-likeness (QED) is 0.636. The van der Waals surface area contributed by atoms with Gasteiger partial charge in [-0.05, 0) is 24.3 Å². The first kappa shape index (κ1) is 15.8. The van der Waals surface area contributed by atoms with Crippen LogP contribution in [0.1, 0.15) is 16.1 Å². The predicted octanol–water partition coefficient (Wildman–Crippen LogP) is 3.79. The maximum atomic E-state index is 11.6. The maximum absolute atomic E-state index is 11.6. The van der Waals surface area contributed by atoms with Crippen molar-refractivity contribution in [3.63, 3.8) is 0 Å². The smallest absolute Gasteiger partial charge is 0.337 e. The Labute approximate surface area is 145 Å². The van der Waals surface area contributed by atoms with E-state index in [1.165, 1.54) is 23.9 Å². The molecule has 0 atom stereocenters. The molecule has 116 valence electrons. The van der Waals surface area contributed by atoms with E-state index in [1.54, 1.807) is 24.3 Å². The molecular weight excluding hydrogens is 358 g/mol. The first-order chi connectivity index (χ1) is 10.9. The Morgan fingerprint density at radius 3 is 2.74 bits per heavy atom. The highest BCUT2D eigenvalue weighted by Gasteiger charge is 2.22. The van der Waals surface area contributed by atoms with Gasteiger partial charge in [0.2, 0.25) is 0 Å². The van der Waals surface area contributed by atoms with E-state index in [-0.39, 0.29) is 16.5 Å². The number of hydrogen-bond acceptors (Lipinski definition) is 5. The van der Waals surface area contributed by atoms with Crippen molar-refractivity contribution in [2.24, 2.45) is 0 Å². The molecule has 1 fully saturated rings. The van der Waals surface area contributed by atoms with Crippen molar-refractivity contribution in [1.29, 1.82) is 0 Å². The van der Waals surface area contributed by atoms with Gasteiger partial charge < -0.3 is 14.8 Å². The largest absolute Gasteiger partial charge is 0.478 e. The third-order valence-corrected chi connectivity index (χ3v) is 4.50. The zero-order valence-electron chi connectivity index (χ0n) is 11.3. The summed E-state index contributed by atoms with van der Waals surface area (Å²) in [4.78, 5) is 23.0. The number of amides is 1. The molecule has 2 heterocycles. The SMILES string of the molecule is O=C1NC(=S)S/C1=C/c1ccc(-c2ccc(C(=O)O)c(Cl)c2)o1. The van der Waals surface area contributed by atoms with Crippen molar-refractivity contribution in [1.82, 2.24) is 5.32 Å². The molecule has 2 N–H and O–H groups in total. The molecule has 1 aliphatic rings. The zero-order valence-corrected chi connectivity index (χ0v) is 13.7. The fourth-order valence-electron chi connectivity index (χ4n) is 1.98. The second-order valence-corrected chi connectivity index (χ2v) is 6.68. The van der Waals surface area contributed by atoms with E-state index < -0.39 is 5.97 Å². The molecule has 1 aromatic carbocycles. The minimum absolute atomic E-state index is 0.0249. The molecule has 23 heavy (non-hydrogen) atoms. The highest BCUT2D eigenvalue weighted by Crippen LogP contribution is 2.30. The first-order valence-electron chi connectivity index (χ1n) is 6.32. The summed E-state index contributed by atoms with van der Waals surface area (Å²) in [6.45, 7) is 0. The Hall–Kier alpha value is -2.09. The summed E-state index contributed by atoms with van der Waals surface area (Å²) in [5.41, 5.74) is 0.667. The number of carboxylic acid groups (broad SMARTS) is 1. The Balaban J connectivity index is 1.89. The van der Waals surface area contributed by atoms with E-state index in [4.69, 9.17) is 33.3 Å². The van der Waals surface area contributed by atoms with Crippen LogP contribution in [0.4, 0.5) is 0 Å². The summed E-state index contributed by atoms with van der Waals surface area (Å²) in [7, 11) is 0. The van der Waals surface area contributed by atoms with E-state index in [0.29, 0.717) is 26.3 Å². The van der Waals surface area contributed by atoms with Gasteiger partial charge in [0.05, 0.1) is 15.5 Å². The lowest BCUT2D eigenvalue weighted by molar-refractivity contribution is -0.115. The van der Waals surface area contributed by atoms with Gasteiger partial charge in [-0.1, -0.05) is 41.6 Å². The molecule has 0 unspecified atom stereocenters. The lowest BCUT2D eigenvalue weighted by Crippen LogP contribution is -2.17. The fraction of sp³-hybridized carbons (Fsp3) is 0. The minimum Gasteiger partial charge on any atom is -0.478 e. The topological polar surface area (TPSA) is 79.5 Å². The number of benzene rings is 1. The van der Waals surface area contributed by atoms with Crippen molar-refractivity contribution in [3.8, 4) is 11.3 Å². The van der Waals surface area contributed by atoms with Crippen LogP contribution >= 0.6 is 35.6 Å². The molecular formula is C15H8ClNO4S2. The molecule has 2 aromatic rings. The third-order valence-electron chi connectivity index (χ3n) is 3.03. The Bertz CT molecular complexity index is 872. The number of carboxylic acids is 1. The van der Waals surface area contributed by atoms with E-state index in [2.05, 4.69) is 5.32 Å². The number of hydrogen-bond donors (Lipinski definition) is 2. The van der Waals surface area contributed by atoms with Crippen LogP contribution in [0.25, 0.3) is 17.4 Å². The summed E-state index contributed by atoms with van der Waals surface area (Å²) in [6.07, 6.45) is 1.59. The lowest BCUT2D eigenvalue weighted by atomic mass is 10.1. The van der Waals surface area contributed by atoms with Crippen molar-refractivity contribution in [3.05, 3.63) is 51.6 Å². The van der Waals surface area contributed by atoms with Crippen LogP contribution in [0.5, 0.6) is 0 Å². The molecule has 3 rings (SSSR count). The highest BCUT2D eigenvalue weighted by molar-refractivity contribution is 8.26. The van der Waals surface area contributed by atoms with Crippen molar-refractivity contribution in [2.75, 3.05) is 0 Å². The molecule has 1 saturated heterocycles. The average Bonchev–Trinajstić information content (AvgIpc) is 3.06. The molecule has 0 bridgehead atoms. The molecule has 8 heteroatoms. The van der Waals surface area contributed by atoms with Crippen LogP contribution in [-0.2, 0) is 4.79 Å². The highest BCUT2D eigenvalue weighted by atomic mass is 35.5. The molecule has 0 saturated carbocycles. The van der Waals surface area contributed by atoms with Gasteiger partial charge in [0, 0.05) is 11.6 Å². The van der Waals surface area contributed by atoms with Crippen molar-refractivity contribution >= 4 is 57.9 Å².